The molecule has 2 aliphatic heterocycles. The van der Waals surface area contributed by atoms with Crippen molar-refractivity contribution in [2.45, 2.75) is 61.4 Å². The molecule has 0 radical (unpaired) electrons. The first-order chi connectivity index (χ1) is 10.8. The van der Waals surface area contributed by atoms with E-state index in [9.17, 15) is 30.6 Å². The van der Waals surface area contributed by atoms with E-state index in [0.717, 1.165) is 0 Å². The number of ether oxygens (including phenoxy) is 3. The van der Waals surface area contributed by atoms with Crippen molar-refractivity contribution in [3.8, 4) is 0 Å². The zero-order chi connectivity index (χ0) is 17.3. The lowest BCUT2D eigenvalue weighted by Gasteiger charge is -2.44. The molecule has 0 saturated carbocycles. The van der Waals surface area contributed by atoms with Crippen molar-refractivity contribution in [1.82, 2.24) is 0 Å². The molecule has 23 heavy (non-hydrogen) atoms. The summed E-state index contributed by atoms with van der Waals surface area (Å²) in [6, 6.07) is 0. The third-order valence-corrected chi connectivity index (χ3v) is 3.98. The van der Waals surface area contributed by atoms with Crippen LogP contribution < -0.4 is 0 Å². The lowest BCUT2D eigenvalue weighted by Crippen LogP contribution is -2.64. The molecule has 11 heteroatoms. The standard InChI is InChI=1S/C12H22O11/c13-1-3-6(16)8(18)10(11(20)21-3)23-12-9(19)7(17)5(15)4(2-14)22-12/h3-20H,1-2H2/t3-,4-,5-,6-,7+,8+,9-,10+,11?,12+/m1/s1. The maximum atomic E-state index is 9.94. The van der Waals surface area contributed by atoms with Gasteiger partial charge in [-0.05, 0) is 0 Å². The fraction of sp³-hybridized carbons (Fsp3) is 1.00. The van der Waals surface area contributed by atoms with Crippen LogP contribution >= 0.6 is 0 Å². The van der Waals surface area contributed by atoms with E-state index < -0.39 is 74.6 Å². The van der Waals surface area contributed by atoms with Crippen molar-refractivity contribution in [3.63, 3.8) is 0 Å². The Morgan fingerprint density at radius 2 is 1.17 bits per heavy atom. The van der Waals surface area contributed by atoms with Gasteiger partial charge in [-0.3, -0.25) is 0 Å². The van der Waals surface area contributed by atoms with Gasteiger partial charge in [0.25, 0.3) is 0 Å². The smallest absolute Gasteiger partial charge is 0.187 e. The van der Waals surface area contributed by atoms with Gasteiger partial charge in [-0.2, -0.15) is 0 Å². The average Bonchev–Trinajstić information content (AvgIpc) is 2.54. The van der Waals surface area contributed by atoms with Gasteiger partial charge in [0.2, 0.25) is 0 Å². The highest BCUT2D eigenvalue weighted by Crippen LogP contribution is 2.28. The zero-order valence-electron chi connectivity index (χ0n) is 12.0. The molecule has 2 aliphatic rings. The third-order valence-electron chi connectivity index (χ3n) is 3.98. The van der Waals surface area contributed by atoms with E-state index in [1.54, 1.807) is 0 Å². The Labute approximate surface area is 130 Å². The van der Waals surface area contributed by atoms with Gasteiger partial charge >= 0.3 is 0 Å². The van der Waals surface area contributed by atoms with Crippen molar-refractivity contribution >= 4 is 0 Å². The van der Waals surface area contributed by atoms with Gasteiger partial charge in [0.15, 0.2) is 12.6 Å². The summed E-state index contributed by atoms with van der Waals surface area (Å²) in [5.41, 5.74) is 0. The minimum absolute atomic E-state index is 0.651. The summed E-state index contributed by atoms with van der Waals surface area (Å²) in [7, 11) is 0. The highest BCUT2D eigenvalue weighted by molar-refractivity contribution is 4.93. The molecule has 0 aromatic rings. The Morgan fingerprint density at radius 1 is 0.652 bits per heavy atom. The van der Waals surface area contributed by atoms with Crippen molar-refractivity contribution in [2.24, 2.45) is 0 Å². The maximum Gasteiger partial charge on any atom is 0.187 e. The molecule has 2 saturated heterocycles. The number of hydrogen-bond donors (Lipinski definition) is 8. The lowest BCUT2D eigenvalue weighted by molar-refractivity contribution is -0.361. The molecule has 0 bridgehead atoms. The minimum Gasteiger partial charge on any atom is -0.394 e. The Bertz CT molecular complexity index is 380. The summed E-state index contributed by atoms with van der Waals surface area (Å²) in [6.07, 6.45) is -15.6. The molecule has 0 aliphatic carbocycles. The summed E-state index contributed by atoms with van der Waals surface area (Å²) < 4.78 is 15.1. The predicted molar refractivity (Wildman–Crippen MR) is 68.6 cm³/mol. The summed E-state index contributed by atoms with van der Waals surface area (Å²) in [6.45, 7) is -1.33. The van der Waals surface area contributed by atoms with Gasteiger partial charge in [-0.1, -0.05) is 0 Å². The summed E-state index contributed by atoms with van der Waals surface area (Å²) >= 11 is 0. The van der Waals surface area contributed by atoms with Crippen LogP contribution in [0.2, 0.25) is 0 Å². The molecular formula is C12H22O11. The Balaban J connectivity index is 2.08. The van der Waals surface area contributed by atoms with Crippen molar-refractivity contribution < 1.29 is 55.1 Å². The molecule has 0 aromatic heterocycles. The Hall–Kier alpha value is -0.440. The van der Waals surface area contributed by atoms with E-state index in [0.29, 0.717) is 0 Å². The van der Waals surface area contributed by atoms with Crippen LogP contribution in [0.4, 0.5) is 0 Å². The summed E-state index contributed by atoms with van der Waals surface area (Å²) in [4.78, 5) is 0. The second-order valence-electron chi connectivity index (χ2n) is 5.53. The molecule has 0 amide bonds. The second kappa shape index (κ2) is 7.63. The predicted octanol–water partition coefficient (Wildman–Crippen LogP) is -5.40. The fourth-order valence-electron chi connectivity index (χ4n) is 2.55. The summed E-state index contributed by atoms with van der Waals surface area (Å²) in [5.74, 6) is 0. The SMILES string of the molecule is OC[C@H]1O[C@@H](O[C@@H]2C(O)O[C@H](CO)[C@@H](O)[C@@H]2O)[C@H](O)[C@@H](O)[C@@H]1O. The molecule has 1 unspecified atom stereocenters. The van der Waals surface area contributed by atoms with Crippen molar-refractivity contribution in [1.29, 1.82) is 0 Å². The molecule has 2 fully saturated rings. The van der Waals surface area contributed by atoms with E-state index in [-0.39, 0.29) is 0 Å². The average molecular weight is 342 g/mol. The number of hydrogen-bond acceptors (Lipinski definition) is 11. The number of aliphatic hydroxyl groups is 8. The first-order valence-corrected chi connectivity index (χ1v) is 7.08. The monoisotopic (exact) mass is 342 g/mol. The molecule has 2 heterocycles. The first-order valence-electron chi connectivity index (χ1n) is 7.08. The van der Waals surface area contributed by atoms with E-state index in [4.69, 9.17) is 24.4 Å². The molecule has 136 valence electrons. The number of aliphatic hydroxyl groups excluding tert-OH is 8. The van der Waals surface area contributed by atoms with Crippen LogP contribution in [0.3, 0.4) is 0 Å². The molecule has 8 N–H and O–H groups in total. The van der Waals surface area contributed by atoms with E-state index in [2.05, 4.69) is 0 Å². The zero-order valence-corrected chi connectivity index (χ0v) is 12.0. The van der Waals surface area contributed by atoms with E-state index >= 15 is 0 Å². The van der Waals surface area contributed by atoms with Crippen LogP contribution in [-0.2, 0) is 14.2 Å². The Kier molecular flexibility index (Phi) is 6.27. The lowest BCUT2D eigenvalue weighted by atomic mass is 9.97. The van der Waals surface area contributed by atoms with Gasteiger partial charge in [0, 0.05) is 0 Å². The van der Waals surface area contributed by atoms with E-state index in [1.165, 1.54) is 0 Å². The van der Waals surface area contributed by atoms with Crippen LogP contribution in [0, 0.1) is 0 Å². The van der Waals surface area contributed by atoms with Crippen molar-refractivity contribution in [3.05, 3.63) is 0 Å². The third kappa shape index (κ3) is 3.65. The van der Waals surface area contributed by atoms with Crippen LogP contribution in [0.25, 0.3) is 0 Å². The molecular weight excluding hydrogens is 320 g/mol. The van der Waals surface area contributed by atoms with Gasteiger partial charge in [0.1, 0.15) is 48.8 Å². The molecule has 0 spiro atoms. The highest BCUT2D eigenvalue weighted by Gasteiger charge is 2.50. The number of rotatable bonds is 4. The van der Waals surface area contributed by atoms with Gasteiger partial charge < -0.3 is 55.1 Å². The van der Waals surface area contributed by atoms with Crippen LogP contribution in [0.15, 0.2) is 0 Å². The maximum absolute atomic E-state index is 9.94. The van der Waals surface area contributed by atoms with Crippen LogP contribution in [0.1, 0.15) is 0 Å². The normalized spacial score (nSPS) is 51.7. The van der Waals surface area contributed by atoms with Gasteiger partial charge in [0.05, 0.1) is 13.2 Å². The van der Waals surface area contributed by atoms with E-state index in [1.807, 2.05) is 0 Å². The largest absolute Gasteiger partial charge is 0.394 e. The van der Waals surface area contributed by atoms with Gasteiger partial charge in [-0.15, -0.1) is 0 Å². The molecule has 10 atom stereocenters. The quantitative estimate of drug-likeness (QED) is 0.243. The Morgan fingerprint density at radius 3 is 1.74 bits per heavy atom. The topological polar surface area (TPSA) is 190 Å². The molecule has 0 aromatic carbocycles. The fourth-order valence-corrected chi connectivity index (χ4v) is 2.55. The minimum atomic E-state index is -1.75. The van der Waals surface area contributed by atoms with Gasteiger partial charge in [-0.25, -0.2) is 0 Å². The van der Waals surface area contributed by atoms with Crippen molar-refractivity contribution in [2.75, 3.05) is 13.2 Å². The molecule has 11 nitrogen and oxygen atoms in total. The van der Waals surface area contributed by atoms with Crippen LogP contribution in [0.5, 0.6) is 0 Å². The molecule has 2 rings (SSSR count). The first kappa shape index (κ1) is 18.9. The second-order valence-corrected chi connectivity index (χ2v) is 5.53. The highest BCUT2D eigenvalue weighted by atomic mass is 16.7. The van der Waals surface area contributed by atoms with Crippen LogP contribution in [-0.4, -0.2) is 115 Å². The summed E-state index contributed by atoms with van der Waals surface area (Å²) in [5, 5.41) is 76.7.